The molecule has 0 unspecified atom stereocenters. The summed E-state index contributed by atoms with van der Waals surface area (Å²) in [7, 11) is 1.87. The van der Waals surface area contributed by atoms with Crippen LogP contribution in [0.4, 0.5) is 0 Å². The van der Waals surface area contributed by atoms with E-state index in [4.69, 9.17) is 0 Å². The Balaban J connectivity index is 1.53. The van der Waals surface area contributed by atoms with E-state index >= 15 is 0 Å². The number of nitrogens with zero attached hydrogens (tertiary/aromatic N) is 3. The van der Waals surface area contributed by atoms with Gasteiger partial charge < -0.3 is 9.80 Å². The minimum absolute atomic E-state index is 0.0450. The number of amides is 2. The molecule has 1 aromatic heterocycles. The third kappa shape index (κ3) is 3.16. The highest BCUT2D eigenvalue weighted by Gasteiger charge is 2.36. The van der Waals surface area contributed by atoms with Gasteiger partial charge in [0.2, 0.25) is 11.8 Å². The first-order valence-electron chi connectivity index (χ1n) is 8.01. The van der Waals surface area contributed by atoms with E-state index in [9.17, 15) is 9.59 Å². The predicted octanol–water partition coefficient (Wildman–Crippen LogP) is 2.31. The van der Waals surface area contributed by atoms with Crippen LogP contribution in [0.5, 0.6) is 0 Å². The van der Waals surface area contributed by atoms with Crippen molar-refractivity contribution in [2.75, 3.05) is 20.1 Å². The van der Waals surface area contributed by atoms with Crippen LogP contribution < -0.4 is 0 Å². The lowest BCUT2D eigenvalue weighted by atomic mass is 9.94. The van der Waals surface area contributed by atoms with Crippen LogP contribution in [-0.4, -0.2) is 46.7 Å². The number of hydrogen-bond donors (Lipinski definition) is 0. The maximum atomic E-state index is 12.7. The van der Waals surface area contributed by atoms with Crippen molar-refractivity contribution >= 4 is 23.2 Å². The molecule has 1 aliphatic carbocycles. The standard InChI is InChI=1S/C16H23N3O2S/c1-11(14-9-17-10-22-14)18(2)15(20)13-5-7-19(8-6-13)16(21)12-3-4-12/h9-13H,3-8H2,1-2H3/t11-/m0/s1. The number of thiazole rings is 1. The second kappa shape index (κ2) is 6.36. The molecule has 6 heteroatoms. The molecule has 3 rings (SSSR count). The lowest BCUT2D eigenvalue weighted by molar-refractivity contribution is -0.141. The fraction of sp³-hybridized carbons (Fsp3) is 0.688. The van der Waals surface area contributed by atoms with Gasteiger partial charge in [0, 0.05) is 43.0 Å². The number of carbonyl (C=O) groups is 2. The molecule has 1 aliphatic heterocycles. The minimum Gasteiger partial charge on any atom is -0.342 e. The quantitative estimate of drug-likeness (QED) is 0.855. The first-order chi connectivity index (χ1) is 10.6. The normalized spacial score (nSPS) is 20.7. The van der Waals surface area contributed by atoms with E-state index in [-0.39, 0.29) is 23.8 Å². The summed E-state index contributed by atoms with van der Waals surface area (Å²) in [6, 6.07) is 0.0612. The number of hydrogen-bond acceptors (Lipinski definition) is 4. The SMILES string of the molecule is C[C@@H](c1cncs1)N(C)C(=O)C1CCN(C(=O)C2CC2)CC1. The van der Waals surface area contributed by atoms with Crippen molar-refractivity contribution in [1.82, 2.24) is 14.8 Å². The third-order valence-corrected chi connectivity index (χ3v) is 5.82. The monoisotopic (exact) mass is 321 g/mol. The second-order valence-electron chi connectivity index (χ2n) is 6.40. The molecule has 0 radical (unpaired) electrons. The van der Waals surface area contributed by atoms with Crippen LogP contribution in [0, 0.1) is 11.8 Å². The summed E-state index contributed by atoms with van der Waals surface area (Å²) in [5.74, 6) is 0.821. The van der Waals surface area contributed by atoms with Gasteiger partial charge in [0.1, 0.15) is 0 Å². The predicted molar refractivity (Wildman–Crippen MR) is 85.3 cm³/mol. The maximum Gasteiger partial charge on any atom is 0.226 e. The van der Waals surface area contributed by atoms with E-state index in [1.54, 1.807) is 16.8 Å². The van der Waals surface area contributed by atoms with Gasteiger partial charge in [0.15, 0.2) is 0 Å². The van der Waals surface area contributed by atoms with Crippen molar-refractivity contribution in [2.24, 2.45) is 11.8 Å². The van der Waals surface area contributed by atoms with Gasteiger partial charge in [0.25, 0.3) is 0 Å². The van der Waals surface area contributed by atoms with Crippen molar-refractivity contribution in [3.05, 3.63) is 16.6 Å². The molecule has 2 fully saturated rings. The van der Waals surface area contributed by atoms with E-state index in [0.29, 0.717) is 5.91 Å². The summed E-state index contributed by atoms with van der Waals surface area (Å²) in [5.41, 5.74) is 1.80. The van der Waals surface area contributed by atoms with Crippen LogP contribution >= 0.6 is 11.3 Å². The molecule has 2 heterocycles. The van der Waals surface area contributed by atoms with E-state index in [1.165, 1.54) is 0 Å². The fourth-order valence-electron chi connectivity index (χ4n) is 3.04. The maximum absolute atomic E-state index is 12.7. The molecule has 0 aromatic carbocycles. The van der Waals surface area contributed by atoms with Crippen molar-refractivity contribution in [2.45, 2.75) is 38.6 Å². The van der Waals surface area contributed by atoms with Crippen LogP contribution in [0.1, 0.15) is 43.5 Å². The number of aromatic nitrogens is 1. The first-order valence-corrected chi connectivity index (χ1v) is 8.89. The van der Waals surface area contributed by atoms with Crippen LogP contribution in [0.3, 0.4) is 0 Å². The van der Waals surface area contributed by atoms with Crippen LogP contribution in [0.2, 0.25) is 0 Å². The van der Waals surface area contributed by atoms with Gasteiger partial charge >= 0.3 is 0 Å². The number of carbonyl (C=O) groups excluding carboxylic acids is 2. The molecule has 0 bridgehead atoms. The van der Waals surface area contributed by atoms with Gasteiger partial charge in [-0.3, -0.25) is 14.6 Å². The average Bonchev–Trinajstić information content (AvgIpc) is 3.26. The fourth-order valence-corrected chi connectivity index (χ4v) is 3.76. The zero-order chi connectivity index (χ0) is 15.7. The molecule has 2 amide bonds. The highest BCUT2D eigenvalue weighted by molar-refractivity contribution is 7.09. The Hall–Kier alpha value is -1.43. The van der Waals surface area contributed by atoms with E-state index in [0.717, 1.165) is 43.6 Å². The summed E-state index contributed by atoms with van der Waals surface area (Å²) >= 11 is 1.58. The van der Waals surface area contributed by atoms with Crippen molar-refractivity contribution in [3.63, 3.8) is 0 Å². The lowest BCUT2D eigenvalue weighted by Gasteiger charge is -2.34. The molecule has 1 saturated carbocycles. The number of piperidine rings is 1. The summed E-state index contributed by atoms with van der Waals surface area (Å²) in [6.45, 7) is 3.50. The molecule has 1 aromatic rings. The smallest absolute Gasteiger partial charge is 0.226 e. The van der Waals surface area contributed by atoms with E-state index < -0.39 is 0 Å². The molecule has 1 atom stereocenters. The Morgan fingerprint density at radius 2 is 1.95 bits per heavy atom. The summed E-state index contributed by atoms with van der Waals surface area (Å²) in [4.78, 5) is 33.7. The Morgan fingerprint density at radius 3 is 2.50 bits per heavy atom. The average molecular weight is 321 g/mol. The molecule has 2 aliphatic rings. The van der Waals surface area contributed by atoms with Crippen molar-refractivity contribution in [1.29, 1.82) is 0 Å². The highest BCUT2D eigenvalue weighted by atomic mass is 32.1. The van der Waals surface area contributed by atoms with Gasteiger partial charge in [-0.1, -0.05) is 0 Å². The molecule has 22 heavy (non-hydrogen) atoms. The Kier molecular flexibility index (Phi) is 4.47. The van der Waals surface area contributed by atoms with Gasteiger partial charge in [-0.25, -0.2) is 0 Å². The molecular weight excluding hydrogens is 298 g/mol. The number of likely N-dealkylation sites (tertiary alicyclic amines) is 1. The third-order valence-electron chi connectivity index (χ3n) is 4.87. The van der Waals surface area contributed by atoms with Gasteiger partial charge in [-0.15, -0.1) is 11.3 Å². The molecule has 0 spiro atoms. The first kappa shape index (κ1) is 15.5. The molecule has 1 saturated heterocycles. The Morgan fingerprint density at radius 1 is 1.27 bits per heavy atom. The summed E-state index contributed by atoms with van der Waals surface area (Å²) in [5, 5.41) is 0. The van der Waals surface area contributed by atoms with E-state index in [2.05, 4.69) is 4.98 Å². The second-order valence-corrected chi connectivity index (χ2v) is 7.32. The molecular formula is C16H23N3O2S. The van der Waals surface area contributed by atoms with Crippen LogP contribution in [0.15, 0.2) is 11.7 Å². The molecule has 0 N–H and O–H groups in total. The van der Waals surface area contributed by atoms with Crippen molar-refractivity contribution < 1.29 is 9.59 Å². The summed E-state index contributed by atoms with van der Waals surface area (Å²) in [6.07, 6.45) is 5.50. The van der Waals surface area contributed by atoms with Crippen LogP contribution in [-0.2, 0) is 9.59 Å². The largest absolute Gasteiger partial charge is 0.342 e. The molecule has 5 nitrogen and oxygen atoms in total. The zero-order valence-corrected chi connectivity index (χ0v) is 14.0. The summed E-state index contributed by atoms with van der Waals surface area (Å²) < 4.78 is 0. The van der Waals surface area contributed by atoms with Gasteiger partial charge in [-0.05, 0) is 32.6 Å². The number of rotatable bonds is 4. The van der Waals surface area contributed by atoms with E-state index in [1.807, 2.05) is 30.0 Å². The highest BCUT2D eigenvalue weighted by Crippen LogP contribution is 2.33. The zero-order valence-electron chi connectivity index (χ0n) is 13.2. The van der Waals surface area contributed by atoms with Gasteiger partial charge in [-0.2, -0.15) is 0 Å². The molecule has 120 valence electrons. The minimum atomic E-state index is 0.0450. The van der Waals surface area contributed by atoms with Gasteiger partial charge in [0.05, 0.1) is 11.6 Å². The van der Waals surface area contributed by atoms with Crippen molar-refractivity contribution in [3.8, 4) is 0 Å². The Labute approximate surface area is 135 Å². The van der Waals surface area contributed by atoms with Crippen LogP contribution in [0.25, 0.3) is 0 Å². The Bertz CT molecular complexity index is 534. The lowest BCUT2D eigenvalue weighted by Crippen LogP contribution is -2.44. The topological polar surface area (TPSA) is 53.5 Å².